The van der Waals surface area contributed by atoms with Gasteiger partial charge in [-0.1, -0.05) is 29.8 Å². The van der Waals surface area contributed by atoms with Crippen molar-refractivity contribution in [2.24, 2.45) is 7.05 Å². The molecule has 0 atom stereocenters. The minimum absolute atomic E-state index is 0.0181. The molecule has 30 heavy (non-hydrogen) atoms. The van der Waals surface area contributed by atoms with Crippen LogP contribution >= 0.6 is 11.6 Å². The highest BCUT2D eigenvalue weighted by Gasteiger charge is 2.24. The Bertz CT molecular complexity index is 1230. The van der Waals surface area contributed by atoms with Gasteiger partial charge in [-0.2, -0.15) is 4.31 Å². The molecule has 0 saturated carbocycles. The molecule has 1 aromatic heterocycles. The van der Waals surface area contributed by atoms with Crippen LogP contribution in [-0.2, 0) is 21.9 Å². The molecule has 1 N–H and O–H groups in total. The van der Waals surface area contributed by atoms with E-state index in [1.54, 1.807) is 42.9 Å². The number of benzene rings is 2. The first-order chi connectivity index (χ1) is 14.1. The van der Waals surface area contributed by atoms with E-state index < -0.39 is 28.0 Å². The average Bonchev–Trinajstić information content (AvgIpc) is 2.92. The van der Waals surface area contributed by atoms with Crippen molar-refractivity contribution in [3.8, 4) is 5.69 Å². The molecule has 0 aliphatic heterocycles. The number of halogens is 1. The second-order valence-electron chi connectivity index (χ2n) is 6.70. The quantitative estimate of drug-likeness (QED) is 0.626. The van der Waals surface area contributed by atoms with Gasteiger partial charge in [0.15, 0.2) is 0 Å². The first-order valence-corrected chi connectivity index (χ1v) is 10.8. The van der Waals surface area contributed by atoms with Crippen LogP contribution in [0.15, 0.2) is 64.3 Å². The van der Waals surface area contributed by atoms with Gasteiger partial charge < -0.3 is 5.32 Å². The number of amides is 1. The summed E-state index contributed by atoms with van der Waals surface area (Å²) in [5, 5.41) is 2.96. The normalized spacial score (nSPS) is 11.6. The first kappa shape index (κ1) is 21.8. The third kappa shape index (κ3) is 4.18. The first-order valence-electron chi connectivity index (χ1n) is 8.98. The van der Waals surface area contributed by atoms with Gasteiger partial charge in [-0.3, -0.25) is 14.3 Å². The zero-order valence-corrected chi connectivity index (χ0v) is 18.2. The maximum absolute atomic E-state index is 12.9. The summed E-state index contributed by atoms with van der Waals surface area (Å²) < 4.78 is 29.3. The number of nitrogens with zero attached hydrogens (tertiary/aromatic N) is 3. The highest BCUT2D eigenvalue weighted by molar-refractivity contribution is 7.89. The maximum Gasteiger partial charge on any atom is 0.295 e. The number of para-hydroxylation sites is 1. The molecular weight excluding hydrogens is 428 g/mol. The molecule has 0 unspecified atom stereocenters. The number of carbonyl (C=O) groups is 1. The molecule has 0 saturated heterocycles. The minimum Gasteiger partial charge on any atom is -0.319 e. The third-order valence-corrected chi connectivity index (χ3v) is 6.78. The Morgan fingerprint density at radius 1 is 1.10 bits per heavy atom. The summed E-state index contributed by atoms with van der Waals surface area (Å²) in [5.41, 5.74) is 0.887. The van der Waals surface area contributed by atoms with Crippen molar-refractivity contribution in [3.63, 3.8) is 0 Å². The van der Waals surface area contributed by atoms with Crippen molar-refractivity contribution in [2.75, 3.05) is 18.9 Å². The number of anilines is 1. The highest BCUT2D eigenvalue weighted by Crippen LogP contribution is 2.18. The van der Waals surface area contributed by atoms with Gasteiger partial charge in [0.05, 0.1) is 22.8 Å². The monoisotopic (exact) mass is 448 g/mol. The fourth-order valence-corrected chi connectivity index (χ4v) is 4.22. The predicted octanol–water partition coefficient (Wildman–Crippen LogP) is 2.40. The van der Waals surface area contributed by atoms with Crippen LogP contribution in [0.2, 0.25) is 5.02 Å². The van der Waals surface area contributed by atoms with E-state index in [0.717, 1.165) is 4.31 Å². The third-order valence-electron chi connectivity index (χ3n) is 4.71. The number of aromatic nitrogens is 2. The van der Waals surface area contributed by atoms with Gasteiger partial charge in [0.1, 0.15) is 5.69 Å². The molecule has 0 bridgehead atoms. The lowest BCUT2D eigenvalue weighted by Gasteiger charge is -2.16. The Morgan fingerprint density at radius 2 is 1.70 bits per heavy atom. The van der Waals surface area contributed by atoms with Crippen LogP contribution in [0, 0.1) is 6.92 Å². The van der Waals surface area contributed by atoms with Crippen LogP contribution in [0.5, 0.6) is 0 Å². The highest BCUT2D eigenvalue weighted by atomic mass is 35.5. The molecule has 0 fully saturated rings. The SMILES string of the molecule is Cc1c(NC(=O)CN(C)S(=O)(=O)c2ccc(Cl)cc2)c(=O)n(-c2ccccc2)n1C. The lowest BCUT2D eigenvalue weighted by molar-refractivity contribution is -0.116. The molecule has 158 valence electrons. The van der Waals surface area contributed by atoms with Crippen LogP contribution in [0.25, 0.3) is 5.69 Å². The van der Waals surface area contributed by atoms with E-state index in [2.05, 4.69) is 5.32 Å². The molecular formula is C20H21ClN4O4S. The minimum atomic E-state index is -3.88. The van der Waals surface area contributed by atoms with Crippen molar-refractivity contribution in [1.82, 2.24) is 13.7 Å². The molecule has 0 aliphatic carbocycles. The van der Waals surface area contributed by atoms with Gasteiger partial charge in [0, 0.05) is 19.1 Å². The Morgan fingerprint density at radius 3 is 2.30 bits per heavy atom. The van der Waals surface area contributed by atoms with Crippen LogP contribution in [-0.4, -0.2) is 41.6 Å². The Balaban J connectivity index is 1.81. The van der Waals surface area contributed by atoms with Crippen LogP contribution in [0.3, 0.4) is 0 Å². The predicted molar refractivity (Wildman–Crippen MR) is 116 cm³/mol. The number of rotatable bonds is 6. The van der Waals surface area contributed by atoms with E-state index in [1.165, 1.54) is 36.0 Å². The number of hydrogen-bond acceptors (Lipinski definition) is 4. The van der Waals surface area contributed by atoms with E-state index >= 15 is 0 Å². The Hall–Kier alpha value is -2.88. The van der Waals surface area contributed by atoms with Crippen LogP contribution in [0.1, 0.15) is 5.69 Å². The maximum atomic E-state index is 12.9. The molecule has 3 aromatic rings. The molecule has 8 nitrogen and oxygen atoms in total. The fraction of sp³-hybridized carbons (Fsp3) is 0.200. The zero-order valence-electron chi connectivity index (χ0n) is 16.7. The van der Waals surface area contributed by atoms with E-state index in [4.69, 9.17) is 11.6 Å². The molecule has 0 spiro atoms. The lowest BCUT2D eigenvalue weighted by atomic mass is 10.3. The summed E-state index contributed by atoms with van der Waals surface area (Å²) in [6.07, 6.45) is 0. The summed E-state index contributed by atoms with van der Waals surface area (Å²) in [6.45, 7) is 1.24. The van der Waals surface area contributed by atoms with Gasteiger partial charge >= 0.3 is 0 Å². The molecule has 10 heteroatoms. The molecule has 1 amide bonds. The zero-order chi connectivity index (χ0) is 22.1. The largest absolute Gasteiger partial charge is 0.319 e. The average molecular weight is 449 g/mol. The topological polar surface area (TPSA) is 93.4 Å². The van der Waals surface area contributed by atoms with Crippen LogP contribution < -0.4 is 10.9 Å². The van der Waals surface area contributed by atoms with Crippen LogP contribution in [0.4, 0.5) is 5.69 Å². The standard InChI is InChI=1S/C20H21ClN4O4S/c1-14-19(20(27)25(24(14)3)16-7-5-4-6-8-16)22-18(26)13-23(2)30(28,29)17-11-9-15(21)10-12-17/h4-12H,13H2,1-3H3,(H,22,26). The number of likely N-dealkylation sites (N-methyl/N-ethyl adjacent to an activating group) is 1. The fourth-order valence-electron chi connectivity index (χ4n) is 2.96. The van der Waals surface area contributed by atoms with E-state index in [0.29, 0.717) is 16.4 Å². The van der Waals surface area contributed by atoms with Crippen molar-refractivity contribution >= 4 is 33.2 Å². The lowest BCUT2D eigenvalue weighted by Crippen LogP contribution is -2.35. The van der Waals surface area contributed by atoms with E-state index in [-0.39, 0.29) is 10.6 Å². The number of hydrogen-bond donors (Lipinski definition) is 1. The van der Waals surface area contributed by atoms with Crippen molar-refractivity contribution in [1.29, 1.82) is 0 Å². The Kier molecular flexibility index (Phi) is 6.16. The molecule has 0 aliphatic rings. The summed E-state index contributed by atoms with van der Waals surface area (Å²) in [5.74, 6) is -0.624. The molecule has 2 aromatic carbocycles. The van der Waals surface area contributed by atoms with E-state index in [1.807, 2.05) is 6.07 Å². The molecule has 1 heterocycles. The van der Waals surface area contributed by atoms with Gasteiger partial charge in [-0.25, -0.2) is 13.1 Å². The summed E-state index contributed by atoms with van der Waals surface area (Å²) in [7, 11) is -0.884. The van der Waals surface area contributed by atoms with Crippen molar-refractivity contribution in [3.05, 3.63) is 75.7 Å². The van der Waals surface area contributed by atoms with Gasteiger partial charge in [0.2, 0.25) is 15.9 Å². The molecule has 0 radical (unpaired) electrons. The second-order valence-corrected chi connectivity index (χ2v) is 9.18. The van der Waals surface area contributed by atoms with Gasteiger partial charge in [-0.05, 0) is 43.3 Å². The Labute approximate surface area is 179 Å². The summed E-state index contributed by atoms with van der Waals surface area (Å²) in [4.78, 5) is 25.4. The van der Waals surface area contributed by atoms with Gasteiger partial charge in [-0.15, -0.1) is 0 Å². The van der Waals surface area contributed by atoms with E-state index in [9.17, 15) is 18.0 Å². The smallest absolute Gasteiger partial charge is 0.295 e. The second kappa shape index (κ2) is 8.47. The summed E-state index contributed by atoms with van der Waals surface area (Å²) >= 11 is 5.80. The number of carbonyl (C=O) groups excluding carboxylic acids is 1. The number of sulfonamides is 1. The summed E-state index contributed by atoms with van der Waals surface area (Å²) in [6, 6.07) is 14.7. The van der Waals surface area contributed by atoms with Crippen molar-refractivity contribution < 1.29 is 13.2 Å². The van der Waals surface area contributed by atoms with Crippen molar-refractivity contribution in [2.45, 2.75) is 11.8 Å². The number of nitrogens with one attached hydrogen (secondary N) is 1. The van der Waals surface area contributed by atoms with Gasteiger partial charge in [0.25, 0.3) is 5.56 Å². The molecule has 3 rings (SSSR count).